The van der Waals surface area contributed by atoms with Crippen molar-refractivity contribution in [3.63, 3.8) is 0 Å². The standard InChI is InChI=1S/C13H20N4/c1-3-16-4-5-17-9-11(6-13(17)10-16)12-7-14-15(2)8-12/h6-7,9,12H,3-5,8,10H2,1-2H3. The van der Waals surface area contributed by atoms with Crippen molar-refractivity contribution in [1.29, 1.82) is 0 Å². The van der Waals surface area contributed by atoms with Gasteiger partial charge in [-0.25, -0.2) is 0 Å². The number of nitrogens with zero attached hydrogens (tertiary/aromatic N) is 4. The van der Waals surface area contributed by atoms with Crippen LogP contribution in [0.2, 0.25) is 0 Å². The summed E-state index contributed by atoms with van der Waals surface area (Å²) in [6, 6.07) is 2.36. The summed E-state index contributed by atoms with van der Waals surface area (Å²) < 4.78 is 2.41. The first-order chi connectivity index (χ1) is 8.26. The van der Waals surface area contributed by atoms with Crippen LogP contribution < -0.4 is 0 Å². The minimum absolute atomic E-state index is 0.480. The molecule has 0 saturated heterocycles. The molecule has 0 saturated carbocycles. The fraction of sp³-hybridized carbons (Fsp3) is 0.615. The van der Waals surface area contributed by atoms with Gasteiger partial charge in [0.25, 0.3) is 0 Å². The van der Waals surface area contributed by atoms with Crippen molar-refractivity contribution in [3.05, 3.63) is 23.5 Å². The fourth-order valence-electron chi connectivity index (χ4n) is 2.71. The van der Waals surface area contributed by atoms with Gasteiger partial charge in [-0.2, -0.15) is 5.10 Å². The van der Waals surface area contributed by atoms with Gasteiger partial charge in [0.1, 0.15) is 0 Å². The normalized spacial score (nSPS) is 24.4. The first-order valence-electron chi connectivity index (χ1n) is 6.43. The van der Waals surface area contributed by atoms with Crippen molar-refractivity contribution in [2.24, 2.45) is 5.10 Å². The Morgan fingerprint density at radius 1 is 1.41 bits per heavy atom. The molecule has 17 heavy (non-hydrogen) atoms. The Morgan fingerprint density at radius 3 is 3.00 bits per heavy atom. The molecule has 0 radical (unpaired) electrons. The van der Waals surface area contributed by atoms with E-state index in [0.717, 1.165) is 26.2 Å². The molecule has 0 fully saturated rings. The molecule has 1 aromatic heterocycles. The van der Waals surface area contributed by atoms with Gasteiger partial charge in [-0.15, -0.1) is 0 Å². The van der Waals surface area contributed by atoms with E-state index >= 15 is 0 Å². The molecule has 3 heterocycles. The molecule has 2 aliphatic heterocycles. The van der Waals surface area contributed by atoms with E-state index in [1.807, 2.05) is 12.1 Å². The lowest BCUT2D eigenvalue weighted by atomic mass is 10.0. The highest BCUT2D eigenvalue weighted by Gasteiger charge is 2.22. The van der Waals surface area contributed by atoms with Crippen molar-refractivity contribution >= 4 is 6.21 Å². The van der Waals surface area contributed by atoms with Crippen LogP contribution in [0.1, 0.15) is 24.1 Å². The fourth-order valence-corrected chi connectivity index (χ4v) is 2.71. The first-order valence-corrected chi connectivity index (χ1v) is 6.43. The number of hydrazone groups is 1. The zero-order valence-corrected chi connectivity index (χ0v) is 10.6. The molecular formula is C13H20N4. The lowest BCUT2D eigenvalue weighted by Crippen LogP contribution is -2.32. The molecule has 0 spiro atoms. The molecule has 0 aliphatic carbocycles. The first kappa shape index (κ1) is 10.8. The van der Waals surface area contributed by atoms with Gasteiger partial charge < -0.3 is 4.57 Å². The SMILES string of the molecule is CCN1CCn2cc(C3C=NN(C)C3)cc2C1. The van der Waals surface area contributed by atoms with Crippen molar-refractivity contribution in [2.45, 2.75) is 25.9 Å². The summed E-state index contributed by atoms with van der Waals surface area (Å²) in [6.45, 7) is 7.79. The van der Waals surface area contributed by atoms with E-state index in [-0.39, 0.29) is 0 Å². The smallest absolute Gasteiger partial charge is 0.0476 e. The number of hydrogen-bond acceptors (Lipinski definition) is 3. The Kier molecular flexibility index (Phi) is 2.67. The van der Waals surface area contributed by atoms with E-state index in [1.54, 1.807) is 0 Å². The highest BCUT2D eigenvalue weighted by molar-refractivity contribution is 5.69. The van der Waals surface area contributed by atoms with Crippen molar-refractivity contribution in [3.8, 4) is 0 Å². The van der Waals surface area contributed by atoms with E-state index < -0.39 is 0 Å². The third kappa shape index (κ3) is 1.97. The molecule has 1 unspecified atom stereocenters. The van der Waals surface area contributed by atoms with Crippen LogP contribution in [0.5, 0.6) is 0 Å². The second kappa shape index (κ2) is 4.18. The Bertz CT molecular complexity index is 435. The number of hydrogen-bond donors (Lipinski definition) is 0. The lowest BCUT2D eigenvalue weighted by Gasteiger charge is -2.26. The summed E-state index contributed by atoms with van der Waals surface area (Å²) in [7, 11) is 2.03. The molecule has 1 atom stereocenters. The molecule has 0 amide bonds. The van der Waals surface area contributed by atoms with Crippen LogP contribution in [0.4, 0.5) is 0 Å². The topological polar surface area (TPSA) is 23.8 Å². The molecule has 4 nitrogen and oxygen atoms in total. The zero-order chi connectivity index (χ0) is 11.8. The Morgan fingerprint density at radius 2 is 2.29 bits per heavy atom. The summed E-state index contributed by atoms with van der Waals surface area (Å²) in [5, 5.41) is 6.33. The highest BCUT2D eigenvalue weighted by Crippen LogP contribution is 2.24. The van der Waals surface area contributed by atoms with Gasteiger partial charge in [0, 0.05) is 57.2 Å². The van der Waals surface area contributed by atoms with Crippen molar-refractivity contribution in [1.82, 2.24) is 14.5 Å². The van der Waals surface area contributed by atoms with Crippen LogP contribution in [0.3, 0.4) is 0 Å². The summed E-state index contributed by atoms with van der Waals surface area (Å²) in [6.07, 6.45) is 4.39. The summed E-state index contributed by atoms with van der Waals surface area (Å²) in [4.78, 5) is 2.49. The maximum atomic E-state index is 4.32. The van der Waals surface area contributed by atoms with Crippen molar-refractivity contribution < 1.29 is 0 Å². The highest BCUT2D eigenvalue weighted by atomic mass is 15.4. The van der Waals surface area contributed by atoms with Crippen molar-refractivity contribution in [2.75, 3.05) is 26.7 Å². The molecule has 0 bridgehead atoms. The molecule has 1 aromatic rings. The predicted molar refractivity (Wildman–Crippen MR) is 69.2 cm³/mol. The number of fused-ring (bicyclic) bond motifs is 1. The summed E-state index contributed by atoms with van der Waals surface area (Å²) >= 11 is 0. The van der Waals surface area contributed by atoms with Gasteiger partial charge in [-0.3, -0.25) is 9.91 Å². The molecule has 92 valence electrons. The number of rotatable bonds is 2. The minimum atomic E-state index is 0.480. The average molecular weight is 232 g/mol. The quantitative estimate of drug-likeness (QED) is 0.768. The monoisotopic (exact) mass is 232 g/mol. The Labute approximate surface area is 103 Å². The predicted octanol–water partition coefficient (Wildman–Crippen LogP) is 1.34. The van der Waals surface area contributed by atoms with Crippen LogP contribution in [0.15, 0.2) is 17.4 Å². The average Bonchev–Trinajstić information content (AvgIpc) is 2.93. The van der Waals surface area contributed by atoms with Gasteiger partial charge in [0.05, 0.1) is 0 Å². The van der Waals surface area contributed by atoms with Gasteiger partial charge >= 0.3 is 0 Å². The third-order valence-electron chi connectivity index (χ3n) is 3.83. The largest absolute Gasteiger partial charge is 0.349 e. The molecule has 0 N–H and O–H groups in total. The number of aromatic nitrogens is 1. The minimum Gasteiger partial charge on any atom is -0.349 e. The van der Waals surface area contributed by atoms with Gasteiger partial charge in [0.15, 0.2) is 0 Å². The lowest BCUT2D eigenvalue weighted by molar-refractivity contribution is 0.232. The Hall–Kier alpha value is -1.29. The molecule has 4 heteroatoms. The van der Waals surface area contributed by atoms with E-state index in [0.29, 0.717) is 5.92 Å². The molecular weight excluding hydrogens is 212 g/mol. The second-order valence-electron chi connectivity index (χ2n) is 5.04. The second-order valence-corrected chi connectivity index (χ2v) is 5.04. The summed E-state index contributed by atoms with van der Waals surface area (Å²) in [5.74, 6) is 0.480. The van der Waals surface area contributed by atoms with E-state index in [2.05, 4.69) is 40.0 Å². The van der Waals surface area contributed by atoms with E-state index in [9.17, 15) is 0 Å². The van der Waals surface area contributed by atoms with Crippen LogP contribution in [-0.2, 0) is 13.1 Å². The Balaban J connectivity index is 1.80. The third-order valence-corrected chi connectivity index (χ3v) is 3.83. The maximum Gasteiger partial charge on any atom is 0.0476 e. The molecule has 2 aliphatic rings. The van der Waals surface area contributed by atoms with Crippen LogP contribution in [0, 0.1) is 0 Å². The van der Waals surface area contributed by atoms with E-state index in [1.165, 1.54) is 17.8 Å². The van der Waals surface area contributed by atoms with E-state index in [4.69, 9.17) is 0 Å². The molecule has 0 aromatic carbocycles. The van der Waals surface area contributed by atoms with Gasteiger partial charge in [-0.1, -0.05) is 6.92 Å². The van der Waals surface area contributed by atoms with Crippen LogP contribution in [0.25, 0.3) is 0 Å². The van der Waals surface area contributed by atoms with Crippen LogP contribution >= 0.6 is 0 Å². The molecule has 3 rings (SSSR count). The van der Waals surface area contributed by atoms with Gasteiger partial charge in [0.2, 0.25) is 0 Å². The maximum absolute atomic E-state index is 4.32. The van der Waals surface area contributed by atoms with Gasteiger partial charge in [-0.05, 0) is 18.2 Å². The number of likely N-dealkylation sites (N-methyl/N-ethyl adjacent to an activating group) is 2. The van der Waals surface area contributed by atoms with Crippen LogP contribution in [-0.4, -0.2) is 47.4 Å². The summed E-state index contributed by atoms with van der Waals surface area (Å²) in [5.41, 5.74) is 2.88. The zero-order valence-electron chi connectivity index (χ0n) is 10.6.